The highest BCUT2D eigenvalue weighted by atomic mass is 16.1. The summed E-state index contributed by atoms with van der Waals surface area (Å²) in [5.41, 5.74) is 2.57. The second-order valence-electron chi connectivity index (χ2n) is 4.77. The van der Waals surface area contributed by atoms with E-state index in [2.05, 4.69) is 29.2 Å². The van der Waals surface area contributed by atoms with Crippen molar-refractivity contribution in [2.24, 2.45) is 7.05 Å². The molecule has 2 heterocycles. The maximum Gasteiger partial charge on any atom is 0.255 e. The number of nitrogens with zero attached hydrogens (tertiary/aromatic N) is 3. The minimum atomic E-state index is -0.0966. The summed E-state index contributed by atoms with van der Waals surface area (Å²) in [6.45, 7) is 4.57. The molecule has 0 fully saturated rings. The lowest BCUT2D eigenvalue weighted by Gasteiger charge is -2.10. The Balaban J connectivity index is 2.09. The molecule has 0 saturated heterocycles. The topological polar surface area (TPSA) is 59.8 Å². The highest BCUT2D eigenvalue weighted by Gasteiger charge is 2.18. The first-order valence-electron chi connectivity index (χ1n) is 6.28. The standard InChI is InChI=1S/C14H18N4O/c1-10(2)13-12(9-17-18(13)3)14(19)16-8-11-5-4-6-15-7-11/h4-7,9-10H,8H2,1-3H3,(H,16,19). The molecule has 0 bridgehead atoms. The first-order chi connectivity index (χ1) is 9.09. The molecule has 0 aliphatic heterocycles. The molecule has 1 amide bonds. The summed E-state index contributed by atoms with van der Waals surface area (Å²) in [6, 6.07) is 3.78. The molecule has 100 valence electrons. The maximum atomic E-state index is 12.2. The molecular weight excluding hydrogens is 240 g/mol. The van der Waals surface area contributed by atoms with Crippen LogP contribution in [0.3, 0.4) is 0 Å². The number of amides is 1. The van der Waals surface area contributed by atoms with Crippen molar-refractivity contribution in [3.8, 4) is 0 Å². The van der Waals surface area contributed by atoms with E-state index in [0.717, 1.165) is 11.3 Å². The van der Waals surface area contributed by atoms with Gasteiger partial charge in [-0.25, -0.2) is 0 Å². The third-order valence-corrected chi connectivity index (χ3v) is 2.95. The van der Waals surface area contributed by atoms with Gasteiger partial charge in [-0.3, -0.25) is 14.5 Å². The molecule has 19 heavy (non-hydrogen) atoms. The van der Waals surface area contributed by atoms with Gasteiger partial charge < -0.3 is 5.32 Å². The van der Waals surface area contributed by atoms with Crippen LogP contribution >= 0.6 is 0 Å². The number of rotatable bonds is 4. The fourth-order valence-electron chi connectivity index (χ4n) is 2.09. The summed E-state index contributed by atoms with van der Waals surface area (Å²) in [5.74, 6) is 0.160. The van der Waals surface area contributed by atoms with Gasteiger partial charge in [-0.1, -0.05) is 19.9 Å². The SMILES string of the molecule is CC(C)c1c(C(=O)NCc2cccnc2)cnn1C. The minimum absolute atomic E-state index is 0.0966. The van der Waals surface area contributed by atoms with Crippen LogP contribution in [0.1, 0.15) is 41.4 Å². The quantitative estimate of drug-likeness (QED) is 0.910. The molecule has 5 nitrogen and oxygen atoms in total. The first-order valence-corrected chi connectivity index (χ1v) is 6.28. The van der Waals surface area contributed by atoms with Crippen LogP contribution in [0.25, 0.3) is 0 Å². The summed E-state index contributed by atoms with van der Waals surface area (Å²) in [7, 11) is 1.85. The smallest absolute Gasteiger partial charge is 0.255 e. The molecule has 0 unspecified atom stereocenters. The fraction of sp³-hybridized carbons (Fsp3) is 0.357. The van der Waals surface area contributed by atoms with E-state index in [0.29, 0.717) is 12.1 Å². The van der Waals surface area contributed by atoms with Gasteiger partial charge in [0, 0.05) is 26.0 Å². The van der Waals surface area contributed by atoms with E-state index in [1.54, 1.807) is 23.3 Å². The zero-order chi connectivity index (χ0) is 13.8. The monoisotopic (exact) mass is 258 g/mol. The number of aromatic nitrogens is 3. The summed E-state index contributed by atoms with van der Waals surface area (Å²) in [6.07, 6.45) is 5.07. The molecule has 2 rings (SSSR count). The van der Waals surface area contributed by atoms with Gasteiger partial charge in [-0.15, -0.1) is 0 Å². The molecule has 0 atom stereocenters. The Morgan fingerprint density at radius 2 is 2.21 bits per heavy atom. The van der Waals surface area contributed by atoms with Gasteiger partial charge in [-0.2, -0.15) is 5.10 Å². The van der Waals surface area contributed by atoms with E-state index < -0.39 is 0 Å². The largest absolute Gasteiger partial charge is 0.348 e. The van der Waals surface area contributed by atoms with Crippen molar-refractivity contribution in [2.45, 2.75) is 26.3 Å². The predicted molar refractivity (Wildman–Crippen MR) is 72.7 cm³/mol. The zero-order valence-corrected chi connectivity index (χ0v) is 11.4. The second-order valence-corrected chi connectivity index (χ2v) is 4.77. The third kappa shape index (κ3) is 2.99. The molecule has 0 saturated carbocycles. The third-order valence-electron chi connectivity index (χ3n) is 2.95. The van der Waals surface area contributed by atoms with Gasteiger partial charge in [0.15, 0.2) is 0 Å². The lowest BCUT2D eigenvalue weighted by Crippen LogP contribution is -2.24. The van der Waals surface area contributed by atoms with Gasteiger partial charge >= 0.3 is 0 Å². The number of aryl methyl sites for hydroxylation is 1. The van der Waals surface area contributed by atoms with Crippen molar-refractivity contribution in [3.05, 3.63) is 47.5 Å². The van der Waals surface area contributed by atoms with Crippen LogP contribution in [-0.4, -0.2) is 20.7 Å². The van der Waals surface area contributed by atoms with Crippen LogP contribution in [0.5, 0.6) is 0 Å². The van der Waals surface area contributed by atoms with Crippen molar-refractivity contribution in [2.75, 3.05) is 0 Å². The molecule has 0 aliphatic rings. The highest BCUT2D eigenvalue weighted by Crippen LogP contribution is 2.18. The maximum absolute atomic E-state index is 12.2. The lowest BCUT2D eigenvalue weighted by atomic mass is 10.1. The van der Waals surface area contributed by atoms with E-state index in [-0.39, 0.29) is 11.8 Å². The number of hydrogen-bond donors (Lipinski definition) is 1. The highest BCUT2D eigenvalue weighted by molar-refractivity contribution is 5.95. The first kappa shape index (κ1) is 13.3. The van der Waals surface area contributed by atoms with Crippen LogP contribution < -0.4 is 5.32 Å². The van der Waals surface area contributed by atoms with Crippen molar-refractivity contribution in [1.29, 1.82) is 0 Å². The predicted octanol–water partition coefficient (Wildman–Crippen LogP) is 1.87. The normalized spacial score (nSPS) is 10.7. The Morgan fingerprint density at radius 3 is 2.84 bits per heavy atom. The van der Waals surface area contributed by atoms with Crippen LogP contribution in [0, 0.1) is 0 Å². The van der Waals surface area contributed by atoms with Gasteiger partial charge in [0.05, 0.1) is 17.5 Å². The zero-order valence-electron chi connectivity index (χ0n) is 11.4. The number of carbonyl (C=O) groups is 1. The van der Waals surface area contributed by atoms with Crippen molar-refractivity contribution in [3.63, 3.8) is 0 Å². The number of pyridine rings is 1. The molecule has 2 aromatic rings. The summed E-state index contributed by atoms with van der Waals surface area (Å²) < 4.78 is 1.75. The molecule has 0 radical (unpaired) electrons. The second kappa shape index (κ2) is 5.65. The molecule has 5 heteroatoms. The summed E-state index contributed by atoms with van der Waals surface area (Å²) in [5, 5.41) is 7.05. The Kier molecular flexibility index (Phi) is 3.94. The van der Waals surface area contributed by atoms with Crippen LogP contribution in [0.2, 0.25) is 0 Å². The van der Waals surface area contributed by atoms with Crippen molar-refractivity contribution < 1.29 is 4.79 Å². The average molecular weight is 258 g/mol. The van der Waals surface area contributed by atoms with Crippen LogP contribution in [0.4, 0.5) is 0 Å². The van der Waals surface area contributed by atoms with E-state index in [1.165, 1.54) is 0 Å². The van der Waals surface area contributed by atoms with Crippen LogP contribution in [0.15, 0.2) is 30.7 Å². The molecular formula is C14H18N4O. The summed E-state index contributed by atoms with van der Waals surface area (Å²) in [4.78, 5) is 16.2. The van der Waals surface area contributed by atoms with Gasteiger partial charge in [0.1, 0.15) is 0 Å². The van der Waals surface area contributed by atoms with E-state index >= 15 is 0 Å². The molecule has 2 aromatic heterocycles. The molecule has 0 aliphatic carbocycles. The number of hydrogen-bond acceptors (Lipinski definition) is 3. The van der Waals surface area contributed by atoms with Gasteiger partial charge in [0.2, 0.25) is 0 Å². The van der Waals surface area contributed by atoms with E-state index in [1.807, 2.05) is 19.2 Å². The Labute approximate surface area is 112 Å². The molecule has 0 spiro atoms. The Hall–Kier alpha value is -2.17. The average Bonchev–Trinajstić information content (AvgIpc) is 2.79. The van der Waals surface area contributed by atoms with Gasteiger partial charge in [0.25, 0.3) is 5.91 Å². The number of nitrogens with one attached hydrogen (secondary N) is 1. The summed E-state index contributed by atoms with van der Waals surface area (Å²) >= 11 is 0. The van der Waals surface area contributed by atoms with Gasteiger partial charge in [-0.05, 0) is 17.5 Å². The number of carbonyl (C=O) groups excluding carboxylic acids is 1. The van der Waals surface area contributed by atoms with E-state index in [9.17, 15) is 4.79 Å². The molecule has 0 aromatic carbocycles. The van der Waals surface area contributed by atoms with Crippen LogP contribution in [-0.2, 0) is 13.6 Å². The van der Waals surface area contributed by atoms with Crippen molar-refractivity contribution >= 4 is 5.91 Å². The molecule has 1 N–H and O–H groups in total. The van der Waals surface area contributed by atoms with Crippen molar-refractivity contribution in [1.82, 2.24) is 20.1 Å². The Bertz CT molecular complexity index is 560. The minimum Gasteiger partial charge on any atom is -0.348 e. The Morgan fingerprint density at radius 1 is 1.42 bits per heavy atom. The lowest BCUT2D eigenvalue weighted by molar-refractivity contribution is 0.0949. The van der Waals surface area contributed by atoms with E-state index in [4.69, 9.17) is 0 Å². The fourth-order valence-corrected chi connectivity index (χ4v) is 2.09.